The number of esters is 1. The van der Waals surface area contributed by atoms with Crippen LogP contribution in [0.3, 0.4) is 0 Å². The van der Waals surface area contributed by atoms with Crippen molar-refractivity contribution in [1.82, 2.24) is 10.6 Å². The number of ether oxygens (including phenoxy) is 2. The lowest BCUT2D eigenvalue weighted by atomic mass is 10.2. The summed E-state index contributed by atoms with van der Waals surface area (Å²) < 4.78 is 9.87. The van der Waals surface area contributed by atoms with Gasteiger partial charge in [-0.25, -0.2) is 4.79 Å². The van der Waals surface area contributed by atoms with Gasteiger partial charge in [-0.15, -0.1) is 0 Å². The highest BCUT2D eigenvalue weighted by atomic mass is 16.6. The predicted molar refractivity (Wildman–Crippen MR) is 73.6 cm³/mol. The number of nitrogens with one attached hydrogen (secondary N) is 2. The smallest absolute Gasteiger partial charge is 0.408 e. The average Bonchev–Trinajstić information content (AvgIpc) is 2.45. The minimum absolute atomic E-state index is 0.0516. The number of benzene rings is 1. The summed E-state index contributed by atoms with van der Waals surface area (Å²) in [5.74, 6) is -0.454. The number of alkyl carbamates (subject to hydrolysis) is 1. The molecular formula is C14H20N2O4. The third-order valence-electron chi connectivity index (χ3n) is 2.36. The van der Waals surface area contributed by atoms with Crippen molar-refractivity contribution < 1.29 is 19.1 Å². The molecule has 0 aliphatic heterocycles. The zero-order valence-electron chi connectivity index (χ0n) is 11.7. The van der Waals surface area contributed by atoms with Crippen molar-refractivity contribution in [3.05, 3.63) is 35.9 Å². The van der Waals surface area contributed by atoms with Crippen LogP contribution in [0.5, 0.6) is 0 Å². The molecule has 6 nitrogen and oxygen atoms in total. The van der Waals surface area contributed by atoms with E-state index < -0.39 is 6.09 Å². The van der Waals surface area contributed by atoms with Gasteiger partial charge in [0.2, 0.25) is 0 Å². The first-order valence-corrected chi connectivity index (χ1v) is 6.41. The molecule has 0 bridgehead atoms. The van der Waals surface area contributed by atoms with Crippen molar-refractivity contribution in [2.75, 3.05) is 13.4 Å². The van der Waals surface area contributed by atoms with E-state index in [1.54, 1.807) is 13.8 Å². The largest absolute Gasteiger partial charge is 0.449 e. The van der Waals surface area contributed by atoms with Gasteiger partial charge in [-0.05, 0) is 5.56 Å². The molecule has 1 aromatic carbocycles. The summed E-state index contributed by atoms with van der Waals surface area (Å²) in [6.07, 6.45) is -0.531. The first-order valence-electron chi connectivity index (χ1n) is 6.41. The van der Waals surface area contributed by atoms with Crippen LogP contribution in [0.2, 0.25) is 0 Å². The van der Waals surface area contributed by atoms with Gasteiger partial charge in [0, 0.05) is 0 Å². The molecule has 0 radical (unpaired) electrons. The summed E-state index contributed by atoms with van der Waals surface area (Å²) in [7, 11) is 0. The summed E-state index contributed by atoms with van der Waals surface area (Å²) in [5.41, 5.74) is 0.918. The first-order chi connectivity index (χ1) is 9.59. The zero-order valence-corrected chi connectivity index (χ0v) is 11.7. The number of hydrogen-bond acceptors (Lipinski definition) is 5. The zero-order chi connectivity index (χ0) is 14.8. The Balaban J connectivity index is 2.05. The Bertz CT molecular complexity index is 420. The molecule has 20 heavy (non-hydrogen) atoms. The van der Waals surface area contributed by atoms with Crippen LogP contribution in [-0.2, 0) is 20.9 Å². The third-order valence-corrected chi connectivity index (χ3v) is 2.36. The monoisotopic (exact) mass is 280 g/mol. The molecule has 2 N–H and O–H groups in total. The second kappa shape index (κ2) is 8.92. The Morgan fingerprint density at radius 2 is 1.85 bits per heavy atom. The summed E-state index contributed by atoms with van der Waals surface area (Å²) in [4.78, 5) is 22.5. The highest BCUT2D eigenvalue weighted by molar-refractivity contribution is 5.71. The molecule has 0 aliphatic carbocycles. The van der Waals surface area contributed by atoms with E-state index in [9.17, 15) is 9.59 Å². The maximum Gasteiger partial charge on any atom is 0.408 e. The fraction of sp³-hybridized carbons (Fsp3) is 0.429. The van der Waals surface area contributed by atoms with Gasteiger partial charge in [0.15, 0.2) is 0 Å². The van der Waals surface area contributed by atoms with Crippen LogP contribution < -0.4 is 10.6 Å². The molecule has 0 atom stereocenters. The summed E-state index contributed by atoms with van der Waals surface area (Å²) >= 11 is 0. The van der Waals surface area contributed by atoms with Crippen molar-refractivity contribution in [3.63, 3.8) is 0 Å². The predicted octanol–water partition coefficient (Wildman–Crippen LogP) is 1.62. The van der Waals surface area contributed by atoms with Crippen LogP contribution in [0.25, 0.3) is 0 Å². The summed E-state index contributed by atoms with van der Waals surface area (Å²) in [5, 5.41) is 5.24. The van der Waals surface area contributed by atoms with Gasteiger partial charge >= 0.3 is 12.1 Å². The van der Waals surface area contributed by atoms with E-state index in [-0.39, 0.29) is 31.9 Å². The quantitative estimate of drug-likeness (QED) is 0.451. The van der Waals surface area contributed by atoms with E-state index in [4.69, 9.17) is 9.47 Å². The Morgan fingerprint density at radius 1 is 1.15 bits per heavy atom. The van der Waals surface area contributed by atoms with Gasteiger partial charge in [0.05, 0.1) is 12.6 Å². The standard InChI is InChI=1S/C14H20N2O4/c1-11(2)13(17)20-10-15-9-16-14(18)19-8-12-6-4-3-5-7-12/h3-7,11,15H,8-10H2,1-2H3,(H,16,18). The fourth-order valence-corrected chi connectivity index (χ4v) is 1.25. The van der Waals surface area contributed by atoms with Gasteiger partial charge < -0.3 is 14.8 Å². The van der Waals surface area contributed by atoms with E-state index in [2.05, 4.69) is 10.6 Å². The number of amides is 1. The first kappa shape index (κ1) is 16.0. The van der Waals surface area contributed by atoms with Crippen LogP contribution in [-0.4, -0.2) is 25.5 Å². The van der Waals surface area contributed by atoms with Crippen molar-refractivity contribution in [3.8, 4) is 0 Å². The van der Waals surface area contributed by atoms with E-state index in [0.29, 0.717) is 0 Å². The topological polar surface area (TPSA) is 76.7 Å². The molecule has 0 unspecified atom stereocenters. The van der Waals surface area contributed by atoms with Gasteiger partial charge in [0.25, 0.3) is 0 Å². The molecule has 110 valence electrons. The molecule has 0 aromatic heterocycles. The van der Waals surface area contributed by atoms with E-state index in [1.807, 2.05) is 30.3 Å². The lowest BCUT2D eigenvalue weighted by molar-refractivity contribution is -0.148. The molecule has 0 saturated carbocycles. The van der Waals surface area contributed by atoms with Crippen LogP contribution in [0, 0.1) is 5.92 Å². The second-order valence-electron chi connectivity index (χ2n) is 4.43. The Morgan fingerprint density at radius 3 is 2.50 bits per heavy atom. The van der Waals surface area contributed by atoms with E-state index in [0.717, 1.165) is 5.56 Å². The maximum atomic E-state index is 11.3. The van der Waals surface area contributed by atoms with Gasteiger partial charge in [-0.2, -0.15) is 0 Å². The van der Waals surface area contributed by atoms with E-state index >= 15 is 0 Å². The molecule has 0 aliphatic rings. The van der Waals surface area contributed by atoms with Gasteiger partial charge in [-0.1, -0.05) is 44.2 Å². The molecular weight excluding hydrogens is 260 g/mol. The Kier molecular flexibility index (Phi) is 7.13. The number of rotatable bonds is 7. The SMILES string of the molecule is CC(C)C(=O)OCNCNC(=O)OCc1ccccc1. The normalized spacial score (nSPS) is 10.2. The molecule has 1 aromatic rings. The van der Waals surface area contributed by atoms with E-state index in [1.165, 1.54) is 0 Å². The van der Waals surface area contributed by atoms with Crippen LogP contribution >= 0.6 is 0 Å². The minimum atomic E-state index is -0.531. The number of carbonyl (C=O) groups is 2. The average molecular weight is 280 g/mol. The summed E-state index contributed by atoms with van der Waals surface area (Å²) in [6.45, 7) is 3.94. The molecule has 0 spiro atoms. The van der Waals surface area contributed by atoms with Crippen molar-refractivity contribution in [1.29, 1.82) is 0 Å². The lowest BCUT2D eigenvalue weighted by Gasteiger charge is -2.10. The summed E-state index contributed by atoms with van der Waals surface area (Å²) in [6, 6.07) is 9.39. The lowest BCUT2D eigenvalue weighted by Crippen LogP contribution is -2.36. The highest BCUT2D eigenvalue weighted by Gasteiger charge is 2.07. The molecule has 0 fully saturated rings. The molecule has 1 amide bonds. The fourth-order valence-electron chi connectivity index (χ4n) is 1.25. The Hall–Kier alpha value is -2.08. The number of carbonyl (C=O) groups excluding carboxylic acids is 2. The Labute approximate surface area is 118 Å². The van der Waals surface area contributed by atoms with Crippen LogP contribution in [0.4, 0.5) is 4.79 Å². The van der Waals surface area contributed by atoms with Crippen LogP contribution in [0.15, 0.2) is 30.3 Å². The third kappa shape index (κ3) is 6.75. The van der Waals surface area contributed by atoms with Gasteiger partial charge in [-0.3, -0.25) is 10.1 Å². The van der Waals surface area contributed by atoms with Crippen molar-refractivity contribution in [2.24, 2.45) is 5.92 Å². The van der Waals surface area contributed by atoms with Crippen molar-refractivity contribution >= 4 is 12.1 Å². The molecule has 6 heteroatoms. The number of hydrogen-bond donors (Lipinski definition) is 2. The molecule has 1 rings (SSSR count). The molecule has 0 saturated heterocycles. The van der Waals surface area contributed by atoms with Gasteiger partial charge in [0.1, 0.15) is 13.3 Å². The van der Waals surface area contributed by atoms with Crippen LogP contribution in [0.1, 0.15) is 19.4 Å². The maximum absolute atomic E-state index is 11.3. The van der Waals surface area contributed by atoms with Crippen molar-refractivity contribution in [2.45, 2.75) is 20.5 Å². The molecule has 0 heterocycles. The highest BCUT2D eigenvalue weighted by Crippen LogP contribution is 2.00. The minimum Gasteiger partial charge on any atom is -0.449 e. The second-order valence-corrected chi connectivity index (χ2v) is 4.43.